The number of carbonyl (C=O) groups excluding carboxylic acids is 2. The second-order valence-corrected chi connectivity index (χ2v) is 15.4. The average Bonchev–Trinajstić information content (AvgIpc) is 3.29. The minimum absolute atomic E-state index is 0.0281. The maximum Gasteiger partial charge on any atom is 0.306 e. The van der Waals surface area contributed by atoms with Crippen LogP contribution >= 0.6 is 0 Å². The highest BCUT2D eigenvalue weighted by Gasteiger charge is 2.59. The quantitative estimate of drug-likeness (QED) is 0.103. The summed E-state index contributed by atoms with van der Waals surface area (Å²) in [7, 11) is 0. The first-order valence-corrected chi connectivity index (χ1v) is 17.6. The summed E-state index contributed by atoms with van der Waals surface area (Å²) in [6.07, 6.45) is 18.3. The van der Waals surface area contributed by atoms with Gasteiger partial charge in [-0.2, -0.15) is 0 Å². The van der Waals surface area contributed by atoms with Crippen molar-refractivity contribution in [2.75, 3.05) is 26.4 Å². The molecule has 4 unspecified atom stereocenters. The van der Waals surface area contributed by atoms with Crippen molar-refractivity contribution < 1.29 is 23.8 Å². The van der Waals surface area contributed by atoms with Crippen molar-refractivity contribution in [1.82, 2.24) is 0 Å². The molecule has 8 atom stereocenters. The van der Waals surface area contributed by atoms with Crippen LogP contribution in [0.25, 0.3) is 0 Å². The van der Waals surface area contributed by atoms with E-state index < -0.39 is 0 Å². The van der Waals surface area contributed by atoms with E-state index in [0.29, 0.717) is 51.1 Å². The molecule has 3 fully saturated rings. The lowest BCUT2D eigenvalue weighted by molar-refractivity contribution is -0.152. The van der Waals surface area contributed by atoms with Crippen molar-refractivity contribution in [3.63, 3.8) is 0 Å². The normalized spacial score (nSPS) is 34.7. The van der Waals surface area contributed by atoms with Gasteiger partial charge in [0.2, 0.25) is 0 Å². The standard InChI is InChI=1S/C37H62O5/c1-26(2)9-7-10-27(3)32-14-15-33-31-13-12-29-25-30(16-19-36(29,5)34(31)17-20-37(32,33)6)42-35(39)11-8-21-40-23-24-41-22-18-28(4)38/h12,26-27,30-34H,7-11,13-25H2,1-6H3/t27-,30+,31?,32?,33?,34?,36+,37-/m1/s1. The van der Waals surface area contributed by atoms with E-state index in [-0.39, 0.29) is 23.3 Å². The zero-order valence-electron chi connectivity index (χ0n) is 27.9. The molecule has 0 spiro atoms. The van der Waals surface area contributed by atoms with Crippen LogP contribution < -0.4 is 0 Å². The fourth-order valence-electron chi connectivity index (χ4n) is 9.85. The molecule has 4 aliphatic carbocycles. The van der Waals surface area contributed by atoms with E-state index in [4.69, 9.17) is 14.2 Å². The third kappa shape index (κ3) is 8.09. The monoisotopic (exact) mass is 586 g/mol. The molecule has 3 saturated carbocycles. The third-order valence-corrected chi connectivity index (χ3v) is 12.2. The number of hydrogen-bond acceptors (Lipinski definition) is 5. The average molecular weight is 587 g/mol. The highest BCUT2D eigenvalue weighted by atomic mass is 16.5. The maximum atomic E-state index is 12.6. The van der Waals surface area contributed by atoms with Gasteiger partial charge in [-0.15, -0.1) is 0 Å². The smallest absolute Gasteiger partial charge is 0.306 e. The number of carbonyl (C=O) groups is 2. The minimum Gasteiger partial charge on any atom is -0.462 e. The molecule has 0 radical (unpaired) electrons. The van der Waals surface area contributed by atoms with Crippen LogP contribution in [0.5, 0.6) is 0 Å². The molecule has 0 aromatic rings. The van der Waals surface area contributed by atoms with Gasteiger partial charge in [0.05, 0.1) is 19.8 Å². The predicted molar refractivity (Wildman–Crippen MR) is 169 cm³/mol. The Bertz CT molecular complexity index is 925. The van der Waals surface area contributed by atoms with Gasteiger partial charge in [-0.3, -0.25) is 9.59 Å². The molecule has 0 N–H and O–H groups in total. The van der Waals surface area contributed by atoms with Gasteiger partial charge in [0.25, 0.3) is 0 Å². The Morgan fingerprint density at radius 3 is 2.38 bits per heavy atom. The predicted octanol–water partition coefficient (Wildman–Crippen LogP) is 8.73. The molecule has 0 bridgehead atoms. The Labute approximate surface area is 257 Å². The molecular formula is C37H62O5. The van der Waals surface area contributed by atoms with Crippen molar-refractivity contribution in [2.45, 2.75) is 138 Å². The van der Waals surface area contributed by atoms with E-state index >= 15 is 0 Å². The summed E-state index contributed by atoms with van der Waals surface area (Å²) in [5.74, 6) is 5.15. The fourth-order valence-corrected chi connectivity index (χ4v) is 9.85. The van der Waals surface area contributed by atoms with Crippen molar-refractivity contribution in [2.24, 2.45) is 46.3 Å². The summed E-state index contributed by atoms with van der Waals surface area (Å²) in [5.41, 5.74) is 2.40. The number of rotatable bonds is 16. The second-order valence-electron chi connectivity index (χ2n) is 15.4. The van der Waals surface area contributed by atoms with Crippen LogP contribution in [0.3, 0.4) is 0 Å². The van der Waals surface area contributed by atoms with E-state index in [1.807, 2.05) is 0 Å². The van der Waals surface area contributed by atoms with Gasteiger partial charge in [-0.1, -0.05) is 65.5 Å². The van der Waals surface area contributed by atoms with E-state index in [0.717, 1.165) is 54.8 Å². The van der Waals surface area contributed by atoms with Gasteiger partial charge in [-0.25, -0.2) is 0 Å². The van der Waals surface area contributed by atoms with Gasteiger partial charge in [0, 0.05) is 25.9 Å². The third-order valence-electron chi connectivity index (χ3n) is 12.2. The lowest BCUT2D eigenvalue weighted by atomic mass is 9.47. The largest absolute Gasteiger partial charge is 0.462 e. The lowest BCUT2D eigenvalue weighted by Gasteiger charge is -2.58. The fraction of sp³-hybridized carbons (Fsp3) is 0.892. The molecule has 0 heterocycles. The number of allylic oxidation sites excluding steroid dienone is 1. The number of esters is 1. The number of ether oxygens (including phenoxy) is 3. The summed E-state index contributed by atoms with van der Waals surface area (Å²) >= 11 is 0. The topological polar surface area (TPSA) is 61.8 Å². The molecule has 0 amide bonds. The maximum absolute atomic E-state index is 12.6. The molecular weight excluding hydrogens is 524 g/mol. The van der Waals surface area contributed by atoms with Gasteiger partial charge in [0.1, 0.15) is 11.9 Å². The van der Waals surface area contributed by atoms with E-state index in [9.17, 15) is 9.59 Å². The van der Waals surface area contributed by atoms with Gasteiger partial charge in [-0.05, 0) is 105 Å². The molecule has 0 aliphatic heterocycles. The van der Waals surface area contributed by atoms with Crippen molar-refractivity contribution in [3.8, 4) is 0 Å². The summed E-state index contributed by atoms with van der Waals surface area (Å²) in [5, 5.41) is 0. The molecule has 0 aromatic carbocycles. The van der Waals surface area contributed by atoms with Gasteiger partial charge >= 0.3 is 5.97 Å². The molecule has 5 nitrogen and oxygen atoms in total. The SMILES string of the molecule is CC(=O)CCOCCOCCCC(=O)O[C@H]1CC[C@@]2(C)C(=CCC3C4CCC([C@H](C)CCCC(C)C)[C@@]4(C)CCC32)C1. The Kier molecular flexibility index (Phi) is 12.2. The van der Waals surface area contributed by atoms with Crippen LogP contribution in [0.1, 0.15) is 131 Å². The first-order valence-electron chi connectivity index (χ1n) is 17.6. The van der Waals surface area contributed by atoms with Crippen molar-refractivity contribution >= 4 is 11.8 Å². The molecule has 0 aromatic heterocycles. The Balaban J connectivity index is 1.22. The highest BCUT2D eigenvalue weighted by Crippen LogP contribution is 2.67. The van der Waals surface area contributed by atoms with Crippen LogP contribution in [0, 0.1) is 46.3 Å². The summed E-state index contributed by atoms with van der Waals surface area (Å²) in [6, 6.07) is 0. The number of hydrogen-bond donors (Lipinski definition) is 0. The molecule has 42 heavy (non-hydrogen) atoms. The molecule has 0 saturated heterocycles. The van der Waals surface area contributed by atoms with Gasteiger partial charge in [0.15, 0.2) is 0 Å². The van der Waals surface area contributed by atoms with Crippen molar-refractivity contribution in [3.05, 3.63) is 11.6 Å². The number of fused-ring (bicyclic) bond motifs is 5. The van der Waals surface area contributed by atoms with E-state index in [1.54, 1.807) is 12.5 Å². The Morgan fingerprint density at radius 2 is 1.64 bits per heavy atom. The minimum atomic E-state index is -0.0906. The van der Waals surface area contributed by atoms with Crippen LogP contribution in [-0.2, 0) is 23.8 Å². The van der Waals surface area contributed by atoms with Crippen LogP contribution in [0.2, 0.25) is 0 Å². The first kappa shape index (κ1) is 33.7. The van der Waals surface area contributed by atoms with E-state index in [2.05, 4.69) is 40.7 Å². The Morgan fingerprint density at radius 1 is 0.881 bits per heavy atom. The summed E-state index contributed by atoms with van der Waals surface area (Å²) in [4.78, 5) is 23.5. The molecule has 4 rings (SSSR count). The zero-order valence-corrected chi connectivity index (χ0v) is 27.9. The molecule has 4 aliphatic rings. The molecule has 5 heteroatoms. The van der Waals surface area contributed by atoms with Crippen molar-refractivity contribution in [1.29, 1.82) is 0 Å². The van der Waals surface area contributed by atoms with E-state index in [1.165, 1.54) is 51.4 Å². The highest BCUT2D eigenvalue weighted by molar-refractivity contribution is 5.75. The summed E-state index contributed by atoms with van der Waals surface area (Å²) in [6.45, 7) is 16.0. The number of ketones is 1. The Hall–Kier alpha value is -1.20. The number of Topliss-reactive ketones (excluding diaryl/α,β-unsaturated/α-hetero) is 1. The second kappa shape index (κ2) is 15.2. The summed E-state index contributed by atoms with van der Waals surface area (Å²) < 4.78 is 16.9. The van der Waals surface area contributed by atoms with Gasteiger partial charge < -0.3 is 14.2 Å². The lowest BCUT2D eigenvalue weighted by Crippen LogP contribution is -2.51. The van der Waals surface area contributed by atoms with Crippen LogP contribution in [-0.4, -0.2) is 44.3 Å². The van der Waals surface area contributed by atoms with Crippen LogP contribution in [0.15, 0.2) is 11.6 Å². The first-order chi connectivity index (χ1) is 20.0. The zero-order chi connectivity index (χ0) is 30.3. The van der Waals surface area contributed by atoms with Crippen LogP contribution in [0.4, 0.5) is 0 Å². The molecule has 240 valence electrons.